The average molecular weight is 569 g/mol. The van der Waals surface area contributed by atoms with Gasteiger partial charge in [-0.2, -0.15) is 0 Å². The molecule has 0 unspecified atom stereocenters. The summed E-state index contributed by atoms with van der Waals surface area (Å²) in [7, 11) is -3.81. The Hall–Kier alpha value is -3.89. The summed E-state index contributed by atoms with van der Waals surface area (Å²) in [5.41, 5.74) is 3.30. The number of amides is 2. The fourth-order valence-electron chi connectivity index (χ4n) is 3.93. The SMILES string of the molecule is CC(C)Oc1cc(-c2ccc(CCN(C[C@@H](O)c3ccccc3)C(=O)O)cc2)ccc1C(=O)NS(=O)(=O)C(C)C. The number of aliphatic hydroxyl groups excluding tert-OH is 1. The molecule has 214 valence electrons. The summed E-state index contributed by atoms with van der Waals surface area (Å²) in [5.74, 6) is -0.492. The number of benzene rings is 3. The third kappa shape index (κ3) is 8.30. The predicted octanol–water partition coefficient (Wildman–Crippen LogP) is 4.86. The van der Waals surface area contributed by atoms with Crippen LogP contribution in [0.25, 0.3) is 11.1 Å². The van der Waals surface area contributed by atoms with Gasteiger partial charge in [-0.1, -0.05) is 60.7 Å². The van der Waals surface area contributed by atoms with E-state index in [-0.39, 0.29) is 30.5 Å². The molecular formula is C30H36N2O7S. The van der Waals surface area contributed by atoms with Crippen molar-refractivity contribution in [2.75, 3.05) is 13.1 Å². The van der Waals surface area contributed by atoms with Gasteiger partial charge in [-0.3, -0.25) is 4.79 Å². The molecule has 0 saturated heterocycles. The fraction of sp³-hybridized carbons (Fsp3) is 0.333. The molecule has 0 aliphatic carbocycles. The largest absolute Gasteiger partial charge is 0.490 e. The van der Waals surface area contributed by atoms with Crippen LogP contribution in [0.3, 0.4) is 0 Å². The zero-order chi connectivity index (χ0) is 29.4. The number of carbonyl (C=O) groups excluding carboxylic acids is 1. The quantitative estimate of drug-likeness (QED) is 0.284. The van der Waals surface area contributed by atoms with Gasteiger partial charge in [-0.15, -0.1) is 0 Å². The van der Waals surface area contributed by atoms with Crippen molar-refractivity contribution < 1.29 is 33.0 Å². The van der Waals surface area contributed by atoms with Crippen LogP contribution in [0.4, 0.5) is 4.79 Å². The van der Waals surface area contributed by atoms with Gasteiger partial charge in [0.05, 0.1) is 29.6 Å². The van der Waals surface area contributed by atoms with Gasteiger partial charge in [0, 0.05) is 6.54 Å². The number of rotatable bonds is 12. The highest BCUT2D eigenvalue weighted by atomic mass is 32.2. The molecule has 2 amide bonds. The van der Waals surface area contributed by atoms with Crippen molar-refractivity contribution in [1.29, 1.82) is 0 Å². The van der Waals surface area contributed by atoms with Crippen molar-refractivity contribution in [3.05, 3.63) is 89.5 Å². The number of nitrogens with zero attached hydrogens (tertiary/aromatic N) is 1. The Morgan fingerprint density at radius 2 is 1.55 bits per heavy atom. The van der Waals surface area contributed by atoms with E-state index in [0.29, 0.717) is 12.0 Å². The fourth-order valence-corrected chi connectivity index (χ4v) is 4.53. The van der Waals surface area contributed by atoms with Crippen molar-refractivity contribution in [3.8, 4) is 16.9 Å². The second-order valence-corrected chi connectivity index (χ2v) is 12.2. The van der Waals surface area contributed by atoms with Gasteiger partial charge in [0.25, 0.3) is 5.91 Å². The van der Waals surface area contributed by atoms with E-state index in [2.05, 4.69) is 4.72 Å². The smallest absolute Gasteiger partial charge is 0.407 e. The highest BCUT2D eigenvalue weighted by Crippen LogP contribution is 2.29. The molecule has 1 atom stereocenters. The third-order valence-corrected chi connectivity index (χ3v) is 7.96. The molecule has 3 rings (SSSR count). The first-order chi connectivity index (χ1) is 18.9. The second kappa shape index (κ2) is 13.5. The van der Waals surface area contributed by atoms with E-state index < -0.39 is 33.4 Å². The lowest BCUT2D eigenvalue weighted by Crippen LogP contribution is -2.36. The number of hydrogen-bond acceptors (Lipinski definition) is 6. The molecule has 0 radical (unpaired) electrons. The summed E-state index contributed by atoms with van der Waals surface area (Å²) < 4.78 is 32.3. The van der Waals surface area contributed by atoms with Gasteiger partial charge in [0.1, 0.15) is 5.75 Å². The van der Waals surface area contributed by atoms with Crippen LogP contribution in [-0.4, -0.2) is 60.0 Å². The lowest BCUT2D eigenvalue weighted by molar-refractivity contribution is 0.0970. The Labute approximate surface area is 235 Å². The molecule has 9 nitrogen and oxygen atoms in total. The Morgan fingerprint density at radius 3 is 2.12 bits per heavy atom. The maximum absolute atomic E-state index is 12.8. The molecule has 3 aromatic rings. The zero-order valence-electron chi connectivity index (χ0n) is 23.1. The summed E-state index contributed by atoms with van der Waals surface area (Å²) in [6.07, 6.45) is -1.81. The van der Waals surface area contributed by atoms with Gasteiger partial charge in [-0.25, -0.2) is 17.9 Å². The van der Waals surface area contributed by atoms with Crippen LogP contribution >= 0.6 is 0 Å². The van der Waals surface area contributed by atoms with Crippen LogP contribution in [0.2, 0.25) is 0 Å². The number of carboxylic acid groups (broad SMARTS) is 1. The molecule has 40 heavy (non-hydrogen) atoms. The van der Waals surface area contributed by atoms with E-state index in [9.17, 15) is 28.2 Å². The molecule has 10 heteroatoms. The Morgan fingerprint density at radius 1 is 0.925 bits per heavy atom. The monoisotopic (exact) mass is 568 g/mol. The van der Waals surface area contributed by atoms with Gasteiger partial charge in [0.15, 0.2) is 0 Å². The molecule has 3 N–H and O–H groups in total. The molecule has 0 aromatic heterocycles. The van der Waals surface area contributed by atoms with Crippen LogP contribution in [0.1, 0.15) is 55.3 Å². The van der Waals surface area contributed by atoms with Crippen molar-refractivity contribution in [1.82, 2.24) is 9.62 Å². The van der Waals surface area contributed by atoms with Gasteiger partial charge >= 0.3 is 6.09 Å². The minimum atomic E-state index is -3.81. The Kier molecular flexibility index (Phi) is 10.3. The highest BCUT2D eigenvalue weighted by Gasteiger charge is 2.23. The third-order valence-electron chi connectivity index (χ3n) is 6.25. The average Bonchev–Trinajstić information content (AvgIpc) is 2.90. The van der Waals surface area contributed by atoms with Crippen LogP contribution in [0.15, 0.2) is 72.8 Å². The summed E-state index contributed by atoms with van der Waals surface area (Å²) in [4.78, 5) is 25.7. The lowest BCUT2D eigenvalue weighted by Gasteiger charge is -2.22. The first kappa shape index (κ1) is 30.6. The Balaban J connectivity index is 1.73. The van der Waals surface area contributed by atoms with Crippen LogP contribution < -0.4 is 9.46 Å². The maximum Gasteiger partial charge on any atom is 0.407 e. The molecule has 3 aromatic carbocycles. The van der Waals surface area contributed by atoms with E-state index in [1.54, 1.807) is 36.4 Å². The minimum absolute atomic E-state index is 0.0333. The summed E-state index contributed by atoms with van der Waals surface area (Å²) in [5, 5.41) is 19.3. The second-order valence-electron chi connectivity index (χ2n) is 10.0. The molecule has 0 aliphatic rings. The van der Waals surface area contributed by atoms with Gasteiger partial charge in [0.2, 0.25) is 10.0 Å². The molecule has 0 saturated carbocycles. The number of carbonyl (C=O) groups is 2. The number of nitrogens with one attached hydrogen (secondary N) is 1. The standard InChI is InChI=1S/C30H36N2O7S/c1-20(2)39-28-18-25(14-15-26(28)29(34)31-40(37,38)21(3)4)23-12-10-22(11-13-23)16-17-32(30(35)36)19-27(33)24-8-6-5-7-9-24/h5-15,18,20-21,27,33H,16-17,19H2,1-4H3,(H,31,34)(H,35,36)/t27-/m1/s1. The van der Waals surface area contributed by atoms with E-state index >= 15 is 0 Å². The van der Waals surface area contributed by atoms with E-state index in [0.717, 1.165) is 16.7 Å². The molecule has 0 bridgehead atoms. The summed E-state index contributed by atoms with van der Waals surface area (Å²) in [6, 6.07) is 21.4. The first-order valence-corrected chi connectivity index (χ1v) is 14.6. The van der Waals surface area contributed by atoms with Crippen molar-refractivity contribution in [2.45, 2.75) is 51.6 Å². The lowest BCUT2D eigenvalue weighted by atomic mass is 10.0. The number of ether oxygens (including phenoxy) is 1. The van der Waals surface area contributed by atoms with Crippen molar-refractivity contribution >= 4 is 22.0 Å². The van der Waals surface area contributed by atoms with E-state index in [1.165, 1.54) is 24.8 Å². The van der Waals surface area contributed by atoms with E-state index in [4.69, 9.17) is 4.74 Å². The van der Waals surface area contributed by atoms with Crippen LogP contribution in [-0.2, 0) is 16.4 Å². The van der Waals surface area contributed by atoms with Crippen molar-refractivity contribution in [2.24, 2.45) is 0 Å². The number of aliphatic hydroxyl groups is 1. The molecular weight excluding hydrogens is 532 g/mol. The maximum atomic E-state index is 12.8. The zero-order valence-corrected chi connectivity index (χ0v) is 23.9. The molecule has 0 heterocycles. The van der Waals surface area contributed by atoms with Crippen molar-refractivity contribution in [3.63, 3.8) is 0 Å². The molecule has 0 fully saturated rings. The topological polar surface area (TPSA) is 133 Å². The highest BCUT2D eigenvalue weighted by molar-refractivity contribution is 7.90. The predicted molar refractivity (Wildman–Crippen MR) is 154 cm³/mol. The van der Waals surface area contributed by atoms with Gasteiger partial charge in [-0.05, 0) is 68.5 Å². The normalized spacial score (nSPS) is 12.3. The van der Waals surface area contributed by atoms with Crippen LogP contribution in [0.5, 0.6) is 5.75 Å². The van der Waals surface area contributed by atoms with Gasteiger partial charge < -0.3 is 19.8 Å². The van der Waals surface area contributed by atoms with E-state index in [1.807, 2.05) is 44.2 Å². The van der Waals surface area contributed by atoms with Crippen LogP contribution in [0, 0.1) is 0 Å². The molecule has 0 aliphatic heterocycles. The summed E-state index contributed by atoms with van der Waals surface area (Å²) >= 11 is 0. The number of sulfonamides is 1. The Bertz CT molecular complexity index is 1410. The number of hydrogen-bond donors (Lipinski definition) is 3. The minimum Gasteiger partial charge on any atom is -0.490 e. The summed E-state index contributed by atoms with van der Waals surface area (Å²) in [6.45, 7) is 6.78. The first-order valence-electron chi connectivity index (χ1n) is 13.0. The molecule has 0 spiro atoms.